The molecule has 0 aromatic heterocycles. The van der Waals surface area contributed by atoms with Crippen LogP contribution in [0.1, 0.15) is 85.9 Å². The molecule has 8 nitrogen and oxygen atoms in total. The molecular weight excluding hydrogens is 572 g/mol. The lowest BCUT2D eigenvalue weighted by atomic mass is 9.43. The number of carbonyl (C=O) groups excluding carboxylic acids is 2. The normalized spacial score (nSPS) is 43.4. The van der Waals surface area contributed by atoms with Gasteiger partial charge in [0.2, 0.25) is 5.79 Å². The van der Waals surface area contributed by atoms with Crippen molar-refractivity contribution in [1.29, 1.82) is 0 Å². The molecule has 2 heterocycles. The van der Waals surface area contributed by atoms with Crippen LogP contribution in [0.4, 0.5) is 0 Å². The molecule has 2 aromatic carbocycles. The number of rotatable bonds is 4. The van der Waals surface area contributed by atoms with Crippen LogP contribution in [-0.2, 0) is 28.4 Å². The molecule has 2 spiro atoms. The molecule has 0 radical (unpaired) electrons. The van der Waals surface area contributed by atoms with E-state index >= 15 is 0 Å². The van der Waals surface area contributed by atoms with Gasteiger partial charge in [0.15, 0.2) is 13.6 Å². The molecule has 0 amide bonds. The third kappa shape index (κ3) is 4.39. The summed E-state index contributed by atoms with van der Waals surface area (Å²) < 4.78 is 37.6. The van der Waals surface area contributed by atoms with E-state index < -0.39 is 11.4 Å². The van der Waals surface area contributed by atoms with E-state index in [1.165, 1.54) is 0 Å². The number of fused-ring (bicyclic) bond motifs is 7. The summed E-state index contributed by atoms with van der Waals surface area (Å²) in [6.45, 7) is 5.47. The van der Waals surface area contributed by atoms with Crippen LogP contribution in [-0.4, -0.2) is 55.7 Å². The zero-order valence-electron chi connectivity index (χ0n) is 26.3. The standard InChI is InChI=1S/C37H44O8/c1-34-17-15-27(44-32(38)24-9-5-3-6-10-24)19-26(34)13-14-28-29-16-18-36(37(43-23-41-36)21-40-22-42-37)35(29,2)20-30(31(28)34)45-33(39)25-11-7-4-8-12-25/h3-12,26-31H,13-23H2,1-2H3/t26-,27+,28-,29-,30-,31+,34-,35-,36+,37?/m0/s1. The van der Waals surface area contributed by atoms with Gasteiger partial charge >= 0.3 is 11.9 Å². The summed E-state index contributed by atoms with van der Waals surface area (Å²) in [5.74, 6) is -0.136. The SMILES string of the molecule is C[C@]12CC[C@@H](OC(=O)c3ccccc3)C[C@@H]1CC[C@@H]1[C@@H]2[C@@H](OC(=O)c2ccccc2)C[C@@]2(C)[C@H]1CC[C@@]21OCOC12COCO2. The number of carbonyl (C=O) groups is 2. The first-order valence-electron chi connectivity index (χ1n) is 16.8. The number of ether oxygens (including phenoxy) is 6. The molecule has 2 saturated heterocycles. The number of hydrogen-bond donors (Lipinski definition) is 0. The largest absolute Gasteiger partial charge is 0.459 e. The minimum atomic E-state index is -0.931. The Kier molecular flexibility index (Phi) is 7.17. The van der Waals surface area contributed by atoms with E-state index in [0.717, 1.165) is 44.9 Å². The van der Waals surface area contributed by atoms with Gasteiger partial charge in [-0.1, -0.05) is 50.2 Å². The summed E-state index contributed by atoms with van der Waals surface area (Å²) in [4.78, 5) is 26.7. The lowest BCUT2D eigenvalue weighted by molar-refractivity contribution is -0.262. The second kappa shape index (κ2) is 10.9. The van der Waals surface area contributed by atoms with Crippen LogP contribution in [0.2, 0.25) is 0 Å². The smallest absolute Gasteiger partial charge is 0.338 e. The fourth-order valence-electron chi connectivity index (χ4n) is 11.1. The van der Waals surface area contributed by atoms with Crippen LogP contribution in [0, 0.1) is 34.5 Å². The second-order valence-electron chi connectivity index (χ2n) is 14.8. The topological polar surface area (TPSA) is 89.5 Å². The molecule has 2 aromatic rings. The summed E-state index contributed by atoms with van der Waals surface area (Å²) in [6.07, 6.45) is 6.83. The fraction of sp³-hybridized carbons (Fsp3) is 0.622. The van der Waals surface area contributed by atoms with Crippen LogP contribution in [0.15, 0.2) is 60.7 Å². The number of esters is 2. The molecule has 240 valence electrons. The van der Waals surface area contributed by atoms with Gasteiger partial charge in [-0.25, -0.2) is 9.59 Å². The van der Waals surface area contributed by atoms with Crippen LogP contribution in [0.5, 0.6) is 0 Å². The second-order valence-corrected chi connectivity index (χ2v) is 14.8. The lowest BCUT2D eigenvalue weighted by Crippen LogP contribution is -2.67. The Balaban J connectivity index is 1.11. The minimum absolute atomic E-state index is 0.0466. The van der Waals surface area contributed by atoms with Gasteiger partial charge in [-0.15, -0.1) is 0 Å². The molecule has 8 rings (SSSR count). The first kappa shape index (κ1) is 29.6. The van der Waals surface area contributed by atoms with Crippen molar-refractivity contribution in [2.45, 2.75) is 88.8 Å². The van der Waals surface area contributed by atoms with Crippen molar-refractivity contribution in [3.05, 3.63) is 71.8 Å². The predicted octanol–water partition coefficient (Wildman–Crippen LogP) is 6.53. The van der Waals surface area contributed by atoms with Crippen molar-refractivity contribution in [3.63, 3.8) is 0 Å². The summed E-state index contributed by atoms with van der Waals surface area (Å²) in [5.41, 5.74) is 0.128. The van der Waals surface area contributed by atoms with E-state index in [9.17, 15) is 9.59 Å². The van der Waals surface area contributed by atoms with Crippen molar-refractivity contribution in [2.75, 3.05) is 20.2 Å². The Labute approximate surface area is 265 Å². The fourth-order valence-corrected chi connectivity index (χ4v) is 11.1. The average Bonchev–Trinajstić information content (AvgIpc) is 3.76. The van der Waals surface area contributed by atoms with Gasteiger partial charge in [0, 0.05) is 11.3 Å². The van der Waals surface area contributed by atoms with Crippen LogP contribution in [0.25, 0.3) is 0 Å². The molecule has 45 heavy (non-hydrogen) atoms. The maximum Gasteiger partial charge on any atom is 0.338 e. The van der Waals surface area contributed by atoms with Gasteiger partial charge < -0.3 is 28.4 Å². The molecule has 1 unspecified atom stereocenters. The van der Waals surface area contributed by atoms with Crippen LogP contribution < -0.4 is 0 Å². The van der Waals surface area contributed by atoms with E-state index in [1.54, 1.807) is 0 Å². The Hall–Kier alpha value is -2.78. The Morgan fingerprint density at radius 3 is 2.16 bits per heavy atom. The highest BCUT2D eigenvalue weighted by Gasteiger charge is 2.77. The molecule has 6 aliphatic rings. The maximum atomic E-state index is 13.7. The first-order valence-corrected chi connectivity index (χ1v) is 16.8. The molecule has 0 N–H and O–H groups in total. The minimum Gasteiger partial charge on any atom is -0.459 e. The summed E-state index contributed by atoms with van der Waals surface area (Å²) in [5, 5.41) is 0. The van der Waals surface area contributed by atoms with Gasteiger partial charge in [0.05, 0.1) is 11.1 Å². The van der Waals surface area contributed by atoms with Gasteiger partial charge in [-0.3, -0.25) is 0 Å². The van der Waals surface area contributed by atoms with E-state index in [1.807, 2.05) is 60.7 Å². The summed E-state index contributed by atoms with van der Waals surface area (Å²) >= 11 is 0. The highest BCUT2D eigenvalue weighted by molar-refractivity contribution is 5.90. The number of benzene rings is 2. The van der Waals surface area contributed by atoms with E-state index in [0.29, 0.717) is 41.9 Å². The zero-order valence-corrected chi connectivity index (χ0v) is 26.3. The lowest BCUT2D eigenvalue weighted by Gasteiger charge is -2.64. The molecule has 10 atom stereocenters. The van der Waals surface area contributed by atoms with E-state index in [2.05, 4.69) is 13.8 Å². The summed E-state index contributed by atoms with van der Waals surface area (Å²) in [6, 6.07) is 18.6. The first-order chi connectivity index (χ1) is 21.8. The van der Waals surface area contributed by atoms with Crippen molar-refractivity contribution in [1.82, 2.24) is 0 Å². The van der Waals surface area contributed by atoms with E-state index in [-0.39, 0.29) is 54.5 Å². The molecule has 4 aliphatic carbocycles. The average molecular weight is 617 g/mol. The van der Waals surface area contributed by atoms with Gasteiger partial charge in [0.25, 0.3) is 0 Å². The van der Waals surface area contributed by atoms with E-state index in [4.69, 9.17) is 28.4 Å². The Morgan fingerprint density at radius 1 is 0.778 bits per heavy atom. The predicted molar refractivity (Wildman–Crippen MR) is 163 cm³/mol. The third-order valence-corrected chi connectivity index (χ3v) is 13.1. The van der Waals surface area contributed by atoms with Crippen molar-refractivity contribution >= 4 is 11.9 Å². The zero-order chi connectivity index (χ0) is 30.9. The van der Waals surface area contributed by atoms with Crippen molar-refractivity contribution in [3.8, 4) is 0 Å². The van der Waals surface area contributed by atoms with Gasteiger partial charge in [-0.2, -0.15) is 0 Å². The Bertz CT molecular complexity index is 1420. The number of hydrogen-bond acceptors (Lipinski definition) is 8. The molecule has 2 aliphatic heterocycles. The third-order valence-electron chi connectivity index (χ3n) is 13.1. The van der Waals surface area contributed by atoms with Gasteiger partial charge in [-0.05, 0) is 98.8 Å². The van der Waals surface area contributed by atoms with Gasteiger partial charge in [0.1, 0.15) is 24.4 Å². The Morgan fingerprint density at radius 2 is 1.47 bits per heavy atom. The van der Waals surface area contributed by atoms with Crippen molar-refractivity contribution in [2.24, 2.45) is 34.5 Å². The monoisotopic (exact) mass is 616 g/mol. The molecule has 8 heteroatoms. The van der Waals surface area contributed by atoms with Crippen LogP contribution >= 0.6 is 0 Å². The quantitative estimate of drug-likeness (QED) is 0.358. The molecule has 0 bridgehead atoms. The molecular formula is C37H44O8. The van der Waals surface area contributed by atoms with Crippen LogP contribution in [0.3, 0.4) is 0 Å². The van der Waals surface area contributed by atoms with Crippen molar-refractivity contribution < 1.29 is 38.0 Å². The highest BCUT2D eigenvalue weighted by atomic mass is 16.9. The molecule has 6 fully saturated rings. The maximum absolute atomic E-state index is 13.7. The highest BCUT2D eigenvalue weighted by Crippen LogP contribution is 2.72. The summed E-state index contributed by atoms with van der Waals surface area (Å²) in [7, 11) is 0. The molecule has 4 saturated carbocycles.